The summed E-state index contributed by atoms with van der Waals surface area (Å²) in [6.45, 7) is 1.73. The minimum absolute atomic E-state index is 0.0634. The summed E-state index contributed by atoms with van der Waals surface area (Å²) in [6.07, 6.45) is 4.13. The van der Waals surface area contributed by atoms with E-state index in [1.165, 1.54) is 35.3 Å². The minimum atomic E-state index is -3.76. The van der Waals surface area contributed by atoms with Gasteiger partial charge >= 0.3 is 0 Å². The van der Waals surface area contributed by atoms with Crippen molar-refractivity contribution in [3.63, 3.8) is 0 Å². The van der Waals surface area contributed by atoms with Gasteiger partial charge in [0.05, 0.1) is 18.6 Å². The van der Waals surface area contributed by atoms with E-state index in [0.717, 1.165) is 0 Å². The number of amides is 2. The molecule has 1 radical (unpaired) electrons. The van der Waals surface area contributed by atoms with Gasteiger partial charge in [0.2, 0.25) is 21.8 Å². The maximum absolute atomic E-state index is 12.7. The third-order valence-corrected chi connectivity index (χ3v) is 6.37. The molecule has 10 heteroatoms. The van der Waals surface area contributed by atoms with Crippen molar-refractivity contribution >= 4 is 21.8 Å². The smallest absolute Gasteiger partial charge is 0.244 e. The number of β-amino-alcohol motifs (C(OH)–C–C–N with tert-alkyl or cyclic N) is 1. The van der Waals surface area contributed by atoms with Crippen molar-refractivity contribution in [1.29, 1.82) is 0 Å². The number of aliphatic hydroxyl groups excluding tert-OH is 1. The minimum Gasteiger partial charge on any atom is -0.390 e. The molecule has 2 amide bonds. The van der Waals surface area contributed by atoms with Crippen molar-refractivity contribution in [2.75, 3.05) is 13.1 Å². The third kappa shape index (κ3) is 5.72. The molecule has 1 aliphatic rings. The van der Waals surface area contributed by atoms with Gasteiger partial charge in [-0.15, -0.1) is 0 Å². The van der Waals surface area contributed by atoms with Crippen molar-refractivity contribution in [2.45, 2.75) is 43.2 Å². The highest BCUT2D eigenvalue weighted by atomic mass is 32.2. The number of primary amides is 1. The number of nitrogens with two attached hydrogens (primary N) is 1. The number of aromatic nitrogens is 1. The summed E-state index contributed by atoms with van der Waals surface area (Å²) in [4.78, 5) is 26.9. The summed E-state index contributed by atoms with van der Waals surface area (Å²) < 4.78 is 26.6. The quantitative estimate of drug-likeness (QED) is 0.562. The monoisotopic (exact) mass is 397 g/mol. The van der Waals surface area contributed by atoms with Crippen LogP contribution in [0.1, 0.15) is 26.2 Å². The largest absolute Gasteiger partial charge is 0.390 e. The molecule has 27 heavy (non-hydrogen) atoms. The summed E-state index contributed by atoms with van der Waals surface area (Å²) in [7, 11) is -3.76. The van der Waals surface area contributed by atoms with E-state index in [4.69, 9.17) is 5.73 Å². The van der Waals surface area contributed by atoms with Gasteiger partial charge in [-0.25, -0.2) is 8.42 Å². The van der Waals surface area contributed by atoms with Crippen LogP contribution < -0.4 is 11.1 Å². The highest BCUT2D eigenvalue weighted by Crippen LogP contribution is 2.20. The summed E-state index contributed by atoms with van der Waals surface area (Å²) in [5, 5.41) is 13.1. The Balaban J connectivity index is 1.97. The fraction of sp³-hybridized carbons (Fsp3) is 0.529. The fourth-order valence-corrected chi connectivity index (χ4v) is 4.25. The lowest BCUT2D eigenvalue weighted by Gasteiger charge is -2.25. The molecule has 1 aromatic rings. The first-order chi connectivity index (χ1) is 12.7. The Morgan fingerprint density at radius 3 is 2.89 bits per heavy atom. The molecule has 0 bridgehead atoms. The Bertz CT molecular complexity index is 756. The summed E-state index contributed by atoms with van der Waals surface area (Å²) in [5.41, 5.74) is 5.16. The third-order valence-electron chi connectivity index (χ3n) is 4.52. The number of sulfonamides is 1. The average molecular weight is 397 g/mol. The Hall–Kier alpha value is -2.04. The van der Waals surface area contributed by atoms with E-state index < -0.39 is 39.9 Å². The van der Waals surface area contributed by atoms with Crippen LogP contribution in [-0.2, 0) is 19.6 Å². The molecular formula is C17H25N4O5S. The van der Waals surface area contributed by atoms with E-state index in [1.807, 2.05) is 0 Å². The molecule has 149 valence electrons. The van der Waals surface area contributed by atoms with Gasteiger partial charge in [0.15, 0.2) is 0 Å². The molecular weight excluding hydrogens is 372 g/mol. The predicted molar refractivity (Wildman–Crippen MR) is 97.4 cm³/mol. The number of carbonyl (C=O) groups is 2. The van der Waals surface area contributed by atoms with Crippen molar-refractivity contribution in [1.82, 2.24) is 14.6 Å². The van der Waals surface area contributed by atoms with E-state index in [2.05, 4.69) is 10.3 Å². The molecule has 0 aliphatic carbocycles. The number of rotatable bonds is 7. The lowest BCUT2D eigenvalue weighted by Crippen LogP contribution is -2.47. The molecule has 0 spiro atoms. The second kappa shape index (κ2) is 9.25. The highest BCUT2D eigenvalue weighted by Gasteiger charge is 2.33. The lowest BCUT2D eigenvalue weighted by molar-refractivity contribution is -0.121. The van der Waals surface area contributed by atoms with Gasteiger partial charge in [0.1, 0.15) is 4.90 Å². The first kappa shape index (κ1) is 21.3. The zero-order valence-corrected chi connectivity index (χ0v) is 15.9. The Morgan fingerprint density at radius 2 is 2.26 bits per heavy atom. The molecule has 3 atom stereocenters. The summed E-state index contributed by atoms with van der Waals surface area (Å²) >= 11 is 0. The SMILES string of the molecule is CC(C[CH]C(=O)NC1CCCN(S(=O)(=O)c2cccnc2)C[C@@H]1O)C(N)=O. The van der Waals surface area contributed by atoms with Gasteiger partial charge in [0.25, 0.3) is 0 Å². The zero-order chi connectivity index (χ0) is 20.0. The zero-order valence-electron chi connectivity index (χ0n) is 15.1. The molecule has 1 aliphatic heterocycles. The summed E-state index contributed by atoms with van der Waals surface area (Å²) in [5.74, 6) is -1.38. The Labute approximate surface area is 159 Å². The van der Waals surface area contributed by atoms with Crippen molar-refractivity contribution in [3.8, 4) is 0 Å². The van der Waals surface area contributed by atoms with Crippen LogP contribution in [0.5, 0.6) is 0 Å². The van der Waals surface area contributed by atoms with Crippen molar-refractivity contribution in [3.05, 3.63) is 30.9 Å². The molecule has 1 saturated heterocycles. The molecule has 9 nitrogen and oxygen atoms in total. The first-order valence-electron chi connectivity index (χ1n) is 8.73. The van der Waals surface area contributed by atoms with E-state index in [1.54, 1.807) is 6.92 Å². The number of hydrogen-bond donors (Lipinski definition) is 3. The van der Waals surface area contributed by atoms with E-state index in [-0.39, 0.29) is 24.4 Å². The number of aliphatic hydroxyl groups is 1. The number of hydrogen-bond acceptors (Lipinski definition) is 6. The average Bonchev–Trinajstić information content (AvgIpc) is 2.82. The highest BCUT2D eigenvalue weighted by molar-refractivity contribution is 7.89. The van der Waals surface area contributed by atoms with Gasteiger partial charge in [-0.2, -0.15) is 4.31 Å². The number of pyridine rings is 1. The maximum atomic E-state index is 12.7. The van der Waals surface area contributed by atoms with Crippen molar-refractivity contribution in [2.24, 2.45) is 11.7 Å². The van der Waals surface area contributed by atoms with Crippen LogP contribution in [0.2, 0.25) is 0 Å². The second-order valence-electron chi connectivity index (χ2n) is 6.62. The van der Waals surface area contributed by atoms with Gasteiger partial charge in [-0.1, -0.05) is 6.92 Å². The number of nitrogens with zero attached hydrogens (tertiary/aromatic N) is 2. The molecule has 2 heterocycles. The predicted octanol–water partition coefficient (Wildman–Crippen LogP) is -0.572. The van der Waals surface area contributed by atoms with Crippen LogP contribution in [-0.4, -0.2) is 59.9 Å². The topological polar surface area (TPSA) is 143 Å². The Morgan fingerprint density at radius 1 is 1.52 bits per heavy atom. The molecule has 4 N–H and O–H groups in total. The first-order valence-corrected chi connectivity index (χ1v) is 10.2. The molecule has 1 aromatic heterocycles. The van der Waals surface area contributed by atoms with Gasteiger partial charge in [-0.3, -0.25) is 14.6 Å². The standard InChI is InChI=1S/C17H25N4O5S/c1-12(17(18)24)6-7-16(23)20-14-5-3-9-21(11-15(14)22)27(25,26)13-4-2-8-19-10-13/h2,4,7-8,10,12,14-15,22H,3,5-6,9,11H2,1H3,(H2,18,24)(H,20,23)/t12?,14?,15-/m0/s1. The molecule has 2 rings (SSSR count). The lowest BCUT2D eigenvalue weighted by atomic mass is 10.0. The van der Waals surface area contributed by atoms with Gasteiger partial charge in [0, 0.05) is 31.4 Å². The van der Waals surface area contributed by atoms with Crippen LogP contribution in [0.4, 0.5) is 0 Å². The second-order valence-corrected chi connectivity index (χ2v) is 8.56. The van der Waals surface area contributed by atoms with E-state index in [9.17, 15) is 23.1 Å². The number of carbonyl (C=O) groups excluding carboxylic acids is 2. The van der Waals surface area contributed by atoms with Crippen LogP contribution in [0.3, 0.4) is 0 Å². The normalized spacial score (nSPS) is 22.6. The van der Waals surface area contributed by atoms with Crippen molar-refractivity contribution < 1.29 is 23.1 Å². The van der Waals surface area contributed by atoms with Crippen LogP contribution >= 0.6 is 0 Å². The van der Waals surface area contributed by atoms with Gasteiger partial charge < -0.3 is 16.2 Å². The molecule has 0 saturated carbocycles. The summed E-state index contributed by atoms with van der Waals surface area (Å²) in [6, 6.07) is 2.41. The Kier molecular flexibility index (Phi) is 7.28. The van der Waals surface area contributed by atoms with Crippen LogP contribution in [0.15, 0.2) is 29.4 Å². The fourth-order valence-electron chi connectivity index (χ4n) is 2.78. The molecule has 2 unspecified atom stereocenters. The van der Waals surface area contributed by atoms with Gasteiger partial charge in [-0.05, 0) is 31.4 Å². The van der Waals surface area contributed by atoms with E-state index >= 15 is 0 Å². The maximum Gasteiger partial charge on any atom is 0.244 e. The van der Waals surface area contributed by atoms with Crippen LogP contribution in [0.25, 0.3) is 0 Å². The van der Waals surface area contributed by atoms with Crippen LogP contribution in [0, 0.1) is 12.3 Å². The molecule has 0 aromatic carbocycles. The number of nitrogens with one attached hydrogen (secondary N) is 1. The van der Waals surface area contributed by atoms with E-state index in [0.29, 0.717) is 12.8 Å². The molecule has 1 fully saturated rings.